The molecule has 2 aromatic rings. The molecule has 1 aliphatic heterocycles. The van der Waals surface area contributed by atoms with Crippen molar-refractivity contribution in [2.75, 3.05) is 24.5 Å². The standard InChI is InChI=1S/C19H21F2NO4S/c1-13-2-4-16(5-3-13)27(23,24)22-15-10-17(20)19(18(21)11-15)26-12-14-6-8-25-9-7-14/h2-5,10-11,14,22H,6-9,12H2,1H3. The fraction of sp³-hybridized carbons (Fsp3) is 0.368. The molecule has 1 N–H and O–H groups in total. The highest BCUT2D eigenvalue weighted by Gasteiger charge is 2.20. The van der Waals surface area contributed by atoms with E-state index in [9.17, 15) is 17.2 Å². The largest absolute Gasteiger partial charge is 0.487 e. The van der Waals surface area contributed by atoms with Gasteiger partial charge in [0.25, 0.3) is 10.0 Å². The first kappa shape index (κ1) is 19.6. The van der Waals surface area contributed by atoms with Crippen LogP contribution in [0.3, 0.4) is 0 Å². The zero-order valence-corrected chi connectivity index (χ0v) is 15.7. The summed E-state index contributed by atoms with van der Waals surface area (Å²) < 4.78 is 66.0. The molecule has 5 nitrogen and oxygen atoms in total. The third-order valence-corrected chi connectivity index (χ3v) is 5.78. The van der Waals surface area contributed by atoms with Crippen LogP contribution in [0.15, 0.2) is 41.3 Å². The molecule has 0 bridgehead atoms. The molecule has 0 saturated carbocycles. The van der Waals surface area contributed by atoms with Gasteiger partial charge in [0.05, 0.1) is 17.2 Å². The van der Waals surface area contributed by atoms with Crippen LogP contribution < -0.4 is 9.46 Å². The van der Waals surface area contributed by atoms with Crippen LogP contribution in [0.1, 0.15) is 18.4 Å². The van der Waals surface area contributed by atoms with E-state index in [1.807, 2.05) is 6.92 Å². The van der Waals surface area contributed by atoms with Crippen molar-refractivity contribution >= 4 is 15.7 Å². The maximum atomic E-state index is 14.3. The Bertz CT molecular complexity index is 871. The number of hydrogen-bond acceptors (Lipinski definition) is 4. The summed E-state index contributed by atoms with van der Waals surface area (Å²) in [6.07, 6.45) is 1.55. The lowest BCUT2D eigenvalue weighted by Crippen LogP contribution is -2.22. The van der Waals surface area contributed by atoms with E-state index in [0.29, 0.717) is 13.2 Å². The second-order valence-electron chi connectivity index (χ2n) is 6.55. The van der Waals surface area contributed by atoms with Gasteiger partial charge in [-0.3, -0.25) is 4.72 Å². The molecule has 0 aliphatic carbocycles. The number of hydrogen-bond donors (Lipinski definition) is 1. The number of aryl methyl sites for hydroxylation is 1. The van der Waals surface area contributed by atoms with E-state index in [-0.39, 0.29) is 23.1 Å². The van der Waals surface area contributed by atoms with E-state index in [1.54, 1.807) is 12.1 Å². The maximum Gasteiger partial charge on any atom is 0.261 e. The molecule has 0 amide bonds. The second kappa shape index (κ2) is 8.22. The number of halogens is 2. The molecular weight excluding hydrogens is 376 g/mol. The van der Waals surface area contributed by atoms with Gasteiger partial charge < -0.3 is 9.47 Å². The number of benzene rings is 2. The third-order valence-electron chi connectivity index (χ3n) is 4.39. The highest BCUT2D eigenvalue weighted by Crippen LogP contribution is 2.28. The Labute approximate surface area is 157 Å². The van der Waals surface area contributed by atoms with Crippen molar-refractivity contribution in [3.8, 4) is 5.75 Å². The summed E-state index contributed by atoms with van der Waals surface area (Å²) in [6.45, 7) is 3.23. The first-order valence-electron chi connectivity index (χ1n) is 8.64. The fourth-order valence-electron chi connectivity index (χ4n) is 2.80. The Morgan fingerprint density at radius 3 is 2.30 bits per heavy atom. The first-order valence-corrected chi connectivity index (χ1v) is 10.1. The minimum absolute atomic E-state index is 0.00811. The molecular formula is C19H21F2NO4S. The average molecular weight is 397 g/mol. The molecule has 1 heterocycles. The van der Waals surface area contributed by atoms with E-state index in [2.05, 4.69) is 4.72 Å². The predicted octanol–water partition coefficient (Wildman–Crippen LogP) is 3.88. The Morgan fingerprint density at radius 1 is 1.11 bits per heavy atom. The van der Waals surface area contributed by atoms with Crippen LogP contribution in [0.25, 0.3) is 0 Å². The number of rotatable bonds is 6. The zero-order chi connectivity index (χ0) is 19.4. The maximum absolute atomic E-state index is 14.3. The van der Waals surface area contributed by atoms with Gasteiger partial charge in [0, 0.05) is 25.3 Å². The number of nitrogens with one attached hydrogen (secondary N) is 1. The van der Waals surface area contributed by atoms with Crippen molar-refractivity contribution in [1.82, 2.24) is 0 Å². The Morgan fingerprint density at radius 2 is 1.70 bits per heavy atom. The molecule has 1 fully saturated rings. The van der Waals surface area contributed by atoms with E-state index < -0.39 is 27.4 Å². The van der Waals surface area contributed by atoms with Crippen molar-refractivity contribution in [1.29, 1.82) is 0 Å². The van der Waals surface area contributed by atoms with Gasteiger partial charge in [0.1, 0.15) is 0 Å². The summed E-state index contributed by atoms with van der Waals surface area (Å²) in [5.74, 6) is -2.23. The molecule has 1 aliphatic rings. The highest BCUT2D eigenvalue weighted by atomic mass is 32.2. The van der Waals surface area contributed by atoms with Crippen molar-refractivity contribution in [2.24, 2.45) is 5.92 Å². The van der Waals surface area contributed by atoms with Gasteiger partial charge in [0.15, 0.2) is 17.4 Å². The van der Waals surface area contributed by atoms with E-state index in [1.165, 1.54) is 12.1 Å². The van der Waals surface area contributed by atoms with Crippen LogP contribution >= 0.6 is 0 Å². The van der Waals surface area contributed by atoms with Crippen LogP contribution in [0, 0.1) is 24.5 Å². The molecule has 2 aromatic carbocycles. The minimum Gasteiger partial charge on any atom is -0.487 e. The summed E-state index contributed by atoms with van der Waals surface area (Å²) in [5, 5.41) is 0. The summed E-state index contributed by atoms with van der Waals surface area (Å²) in [6, 6.07) is 7.96. The normalized spacial score (nSPS) is 15.5. The minimum atomic E-state index is -3.94. The van der Waals surface area contributed by atoms with Gasteiger partial charge in [-0.2, -0.15) is 0 Å². The smallest absolute Gasteiger partial charge is 0.261 e. The molecule has 8 heteroatoms. The summed E-state index contributed by atoms with van der Waals surface area (Å²) in [5.41, 5.74) is 0.695. The van der Waals surface area contributed by atoms with E-state index >= 15 is 0 Å². The summed E-state index contributed by atoms with van der Waals surface area (Å²) in [4.78, 5) is 0.00811. The molecule has 0 atom stereocenters. The first-order chi connectivity index (χ1) is 12.8. The Hall–Kier alpha value is -2.19. The molecule has 0 unspecified atom stereocenters. The fourth-order valence-corrected chi connectivity index (χ4v) is 3.84. The lowest BCUT2D eigenvalue weighted by atomic mass is 10.0. The second-order valence-corrected chi connectivity index (χ2v) is 8.24. The molecule has 27 heavy (non-hydrogen) atoms. The molecule has 3 rings (SSSR count). The van der Waals surface area contributed by atoms with Gasteiger partial charge in [-0.25, -0.2) is 17.2 Å². The van der Waals surface area contributed by atoms with Gasteiger partial charge in [0.2, 0.25) is 0 Å². The lowest BCUT2D eigenvalue weighted by Gasteiger charge is -2.22. The van der Waals surface area contributed by atoms with Crippen LogP contribution in [-0.4, -0.2) is 28.2 Å². The van der Waals surface area contributed by atoms with Crippen LogP contribution in [0.2, 0.25) is 0 Å². The van der Waals surface area contributed by atoms with Crippen molar-refractivity contribution in [3.63, 3.8) is 0 Å². The summed E-state index contributed by atoms with van der Waals surface area (Å²) in [7, 11) is -3.94. The molecule has 0 spiro atoms. The van der Waals surface area contributed by atoms with Gasteiger partial charge in [-0.05, 0) is 37.8 Å². The van der Waals surface area contributed by atoms with E-state index in [0.717, 1.165) is 30.5 Å². The van der Waals surface area contributed by atoms with E-state index in [4.69, 9.17) is 9.47 Å². The van der Waals surface area contributed by atoms with Crippen molar-refractivity contribution in [3.05, 3.63) is 53.6 Å². The topological polar surface area (TPSA) is 64.6 Å². The monoisotopic (exact) mass is 397 g/mol. The molecule has 0 aromatic heterocycles. The van der Waals surface area contributed by atoms with Crippen molar-refractivity contribution < 1.29 is 26.7 Å². The third kappa shape index (κ3) is 4.95. The number of anilines is 1. The van der Waals surface area contributed by atoms with Gasteiger partial charge in [-0.1, -0.05) is 17.7 Å². The van der Waals surface area contributed by atoms with Crippen LogP contribution in [0.4, 0.5) is 14.5 Å². The molecule has 146 valence electrons. The van der Waals surface area contributed by atoms with Gasteiger partial charge >= 0.3 is 0 Å². The Kier molecular flexibility index (Phi) is 5.96. The molecule has 1 saturated heterocycles. The Balaban J connectivity index is 1.72. The lowest BCUT2D eigenvalue weighted by molar-refractivity contribution is 0.0485. The molecule has 0 radical (unpaired) electrons. The van der Waals surface area contributed by atoms with Gasteiger partial charge in [-0.15, -0.1) is 0 Å². The number of sulfonamides is 1. The SMILES string of the molecule is Cc1ccc(S(=O)(=O)Nc2cc(F)c(OCC3CCOCC3)c(F)c2)cc1. The summed E-state index contributed by atoms with van der Waals surface area (Å²) >= 11 is 0. The van der Waals surface area contributed by atoms with Crippen LogP contribution in [0.5, 0.6) is 5.75 Å². The predicted molar refractivity (Wildman–Crippen MR) is 97.4 cm³/mol. The van der Waals surface area contributed by atoms with Crippen molar-refractivity contribution in [2.45, 2.75) is 24.7 Å². The quantitative estimate of drug-likeness (QED) is 0.804. The number of ether oxygens (including phenoxy) is 2. The highest BCUT2D eigenvalue weighted by molar-refractivity contribution is 7.92. The average Bonchev–Trinajstić information content (AvgIpc) is 2.62. The zero-order valence-electron chi connectivity index (χ0n) is 14.9. The van der Waals surface area contributed by atoms with Crippen LogP contribution in [-0.2, 0) is 14.8 Å².